The number of piperazine rings is 1. The summed E-state index contributed by atoms with van der Waals surface area (Å²) in [5.41, 5.74) is 0. The summed E-state index contributed by atoms with van der Waals surface area (Å²) in [6, 6.07) is 3.33. The molecule has 1 atom stereocenters. The number of rotatable bonds is 6. The highest BCUT2D eigenvalue weighted by atomic mass is 35.5. The van der Waals surface area contributed by atoms with E-state index in [2.05, 4.69) is 5.32 Å². The van der Waals surface area contributed by atoms with Gasteiger partial charge in [-0.1, -0.05) is 0 Å². The topological polar surface area (TPSA) is 67.9 Å². The monoisotopic (exact) mass is 368 g/mol. The predicted octanol–water partition coefficient (Wildman–Crippen LogP) is 1.26. The first-order valence-corrected chi connectivity index (χ1v) is 8.54. The Balaban J connectivity index is 0.00000264. The van der Waals surface area contributed by atoms with Crippen LogP contribution in [0, 0.1) is 5.82 Å². The number of benzene rings is 1. The average Bonchev–Trinajstić information content (AvgIpc) is 2.49. The van der Waals surface area contributed by atoms with Crippen LogP contribution in [0.4, 0.5) is 4.39 Å². The zero-order chi connectivity index (χ0) is 16.2. The number of ether oxygens (including phenoxy) is 2. The first-order valence-electron chi connectivity index (χ1n) is 7.10. The Morgan fingerprint density at radius 2 is 2.13 bits per heavy atom. The van der Waals surface area contributed by atoms with Gasteiger partial charge in [0.25, 0.3) is 0 Å². The minimum absolute atomic E-state index is 0. The van der Waals surface area contributed by atoms with Crippen molar-refractivity contribution in [1.82, 2.24) is 9.62 Å². The molecule has 1 aromatic rings. The van der Waals surface area contributed by atoms with Gasteiger partial charge in [0.15, 0.2) is 0 Å². The van der Waals surface area contributed by atoms with Crippen LogP contribution in [0.15, 0.2) is 23.1 Å². The molecule has 0 aromatic heterocycles. The largest absolute Gasteiger partial charge is 0.490 e. The summed E-state index contributed by atoms with van der Waals surface area (Å²) in [4.78, 5) is -0.141. The highest BCUT2D eigenvalue weighted by molar-refractivity contribution is 7.89. The summed E-state index contributed by atoms with van der Waals surface area (Å²) in [6.07, 6.45) is 0. The van der Waals surface area contributed by atoms with Crippen LogP contribution < -0.4 is 10.1 Å². The molecule has 0 radical (unpaired) electrons. The van der Waals surface area contributed by atoms with Crippen LogP contribution in [-0.2, 0) is 14.8 Å². The van der Waals surface area contributed by atoms with Gasteiger partial charge in [0, 0.05) is 32.8 Å². The van der Waals surface area contributed by atoms with Crippen molar-refractivity contribution in [2.24, 2.45) is 0 Å². The fraction of sp³-hybridized carbons (Fsp3) is 0.571. The minimum atomic E-state index is -3.81. The molecule has 0 spiro atoms. The molecule has 1 fully saturated rings. The van der Waals surface area contributed by atoms with Crippen LogP contribution in [0.25, 0.3) is 0 Å². The van der Waals surface area contributed by atoms with Gasteiger partial charge in [-0.15, -0.1) is 12.4 Å². The SMILES string of the molecule is COCCOc1ccc(F)cc1S(=O)(=O)N1CCNCC1C.Cl. The van der Waals surface area contributed by atoms with Gasteiger partial charge in [-0.2, -0.15) is 4.31 Å². The zero-order valence-corrected chi connectivity index (χ0v) is 14.8. The van der Waals surface area contributed by atoms with E-state index in [0.717, 1.165) is 6.07 Å². The van der Waals surface area contributed by atoms with Gasteiger partial charge in [0.05, 0.1) is 6.61 Å². The quantitative estimate of drug-likeness (QED) is 0.765. The molecule has 132 valence electrons. The van der Waals surface area contributed by atoms with Gasteiger partial charge in [0.1, 0.15) is 23.1 Å². The number of methoxy groups -OCH3 is 1. The third kappa shape index (κ3) is 4.77. The van der Waals surface area contributed by atoms with Crippen molar-refractivity contribution >= 4 is 22.4 Å². The van der Waals surface area contributed by atoms with Crippen molar-refractivity contribution in [3.8, 4) is 5.75 Å². The first kappa shape index (κ1) is 20.1. The van der Waals surface area contributed by atoms with E-state index in [1.54, 1.807) is 0 Å². The fourth-order valence-corrected chi connectivity index (χ4v) is 4.12. The molecule has 1 heterocycles. The molecular weight excluding hydrogens is 347 g/mol. The molecule has 1 unspecified atom stereocenters. The molecule has 2 rings (SSSR count). The van der Waals surface area contributed by atoms with Crippen LogP contribution in [0.1, 0.15) is 6.92 Å². The highest BCUT2D eigenvalue weighted by Crippen LogP contribution is 2.29. The lowest BCUT2D eigenvalue weighted by atomic mass is 10.3. The molecule has 1 N–H and O–H groups in total. The summed E-state index contributed by atoms with van der Waals surface area (Å²) in [5.74, 6) is -0.468. The number of sulfonamides is 1. The van der Waals surface area contributed by atoms with Gasteiger partial charge in [-0.05, 0) is 25.1 Å². The Kier molecular flexibility index (Phi) is 7.69. The number of halogens is 2. The summed E-state index contributed by atoms with van der Waals surface area (Å²) in [7, 11) is -2.29. The van der Waals surface area contributed by atoms with Crippen molar-refractivity contribution in [3.05, 3.63) is 24.0 Å². The maximum atomic E-state index is 13.6. The Bertz CT molecular complexity index is 615. The highest BCUT2D eigenvalue weighted by Gasteiger charge is 2.33. The van der Waals surface area contributed by atoms with Crippen molar-refractivity contribution in [2.45, 2.75) is 17.9 Å². The number of nitrogens with one attached hydrogen (secondary N) is 1. The summed E-state index contributed by atoms with van der Waals surface area (Å²) in [6.45, 7) is 3.81. The van der Waals surface area contributed by atoms with Crippen molar-refractivity contribution in [3.63, 3.8) is 0 Å². The maximum absolute atomic E-state index is 13.6. The van der Waals surface area contributed by atoms with Crippen LogP contribution in [-0.4, -0.2) is 58.7 Å². The van der Waals surface area contributed by atoms with Crippen molar-refractivity contribution in [2.75, 3.05) is 40.0 Å². The Morgan fingerprint density at radius 1 is 1.39 bits per heavy atom. The molecule has 0 bridgehead atoms. The van der Waals surface area contributed by atoms with Crippen LogP contribution in [0.2, 0.25) is 0 Å². The molecule has 1 aliphatic heterocycles. The summed E-state index contributed by atoms with van der Waals surface area (Å²) >= 11 is 0. The van der Waals surface area contributed by atoms with E-state index >= 15 is 0 Å². The van der Waals surface area contributed by atoms with Crippen molar-refractivity contribution < 1.29 is 22.3 Å². The second-order valence-electron chi connectivity index (χ2n) is 5.10. The van der Waals surface area contributed by atoms with Crippen molar-refractivity contribution in [1.29, 1.82) is 0 Å². The third-order valence-corrected chi connectivity index (χ3v) is 5.51. The van der Waals surface area contributed by atoms with E-state index in [1.165, 1.54) is 23.5 Å². The molecule has 9 heteroatoms. The second kappa shape index (κ2) is 8.79. The first-order chi connectivity index (χ1) is 10.5. The van der Waals surface area contributed by atoms with Crippen LogP contribution in [0.3, 0.4) is 0 Å². The van der Waals surface area contributed by atoms with E-state index in [4.69, 9.17) is 9.47 Å². The molecule has 0 aliphatic carbocycles. The molecule has 0 amide bonds. The lowest BCUT2D eigenvalue weighted by molar-refractivity contribution is 0.144. The molecule has 1 aromatic carbocycles. The molecule has 1 saturated heterocycles. The number of hydrogen-bond acceptors (Lipinski definition) is 5. The molecule has 0 saturated carbocycles. The van der Waals surface area contributed by atoms with Gasteiger partial charge >= 0.3 is 0 Å². The smallest absolute Gasteiger partial charge is 0.247 e. The Hall–Kier alpha value is -0.930. The normalized spacial score (nSPS) is 19.2. The van der Waals surface area contributed by atoms with E-state index in [9.17, 15) is 12.8 Å². The summed E-state index contributed by atoms with van der Waals surface area (Å²) < 4.78 is 50.9. The molecular formula is C14H22ClFN2O4S. The van der Waals surface area contributed by atoms with Gasteiger partial charge in [0.2, 0.25) is 10.0 Å². The number of hydrogen-bond donors (Lipinski definition) is 1. The van der Waals surface area contributed by atoms with E-state index in [1.807, 2.05) is 6.92 Å². The fourth-order valence-electron chi connectivity index (χ4n) is 2.34. The molecule has 1 aliphatic rings. The van der Waals surface area contributed by atoms with E-state index < -0.39 is 15.8 Å². The zero-order valence-electron chi connectivity index (χ0n) is 13.1. The molecule has 23 heavy (non-hydrogen) atoms. The Morgan fingerprint density at radius 3 is 2.78 bits per heavy atom. The minimum Gasteiger partial charge on any atom is -0.490 e. The van der Waals surface area contributed by atoms with Gasteiger partial charge in [-0.25, -0.2) is 12.8 Å². The maximum Gasteiger partial charge on any atom is 0.247 e. The predicted molar refractivity (Wildman–Crippen MR) is 87.2 cm³/mol. The van der Waals surface area contributed by atoms with Gasteiger partial charge < -0.3 is 14.8 Å². The molecule has 6 nitrogen and oxygen atoms in total. The Labute approximate surface area is 142 Å². The third-order valence-electron chi connectivity index (χ3n) is 3.48. The second-order valence-corrected chi connectivity index (χ2v) is 6.96. The van der Waals surface area contributed by atoms with E-state index in [-0.39, 0.29) is 35.7 Å². The van der Waals surface area contributed by atoms with Crippen LogP contribution in [0.5, 0.6) is 5.75 Å². The van der Waals surface area contributed by atoms with Crippen LogP contribution >= 0.6 is 12.4 Å². The standard InChI is InChI=1S/C14H21FN2O4S.ClH/c1-11-10-16-5-6-17(11)22(18,19)14-9-12(15)3-4-13(14)21-8-7-20-2;/h3-4,9,11,16H,5-8,10H2,1-2H3;1H. The average molecular weight is 369 g/mol. The van der Waals surface area contributed by atoms with Gasteiger partial charge in [-0.3, -0.25) is 0 Å². The lowest BCUT2D eigenvalue weighted by Crippen LogP contribution is -2.52. The summed E-state index contributed by atoms with van der Waals surface area (Å²) in [5, 5.41) is 3.13. The van der Waals surface area contributed by atoms with E-state index in [0.29, 0.717) is 26.2 Å². The number of nitrogens with zero attached hydrogens (tertiary/aromatic N) is 1. The lowest BCUT2D eigenvalue weighted by Gasteiger charge is -2.33.